The lowest BCUT2D eigenvalue weighted by atomic mass is 10.2. The maximum Gasteiger partial charge on any atom is 0.203 e. The molecule has 0 spiro atoms. The fraction of sp³-hybridized carbons (Fsp3) is 0.300. The summed E-state index contributed by atoms with van der Waals surface area (Å²) >= 11 is 0. The van der Waals surface area contributed by atoms with Gasteiger partial charge in [0.2, 0.25) is 12.4 Å². The molecule has 94 valence electrons. The van der Waals surface area contributed by atoms with Gasteiger partial charge < -0.3 is 0 Å². The van der Waals surface area contributed by atoms with Gasteiger partial charge in [-0.1, -0.05) is 11.4 Å². The summed E-state index contributed by atoms with van der Waals surface area (Å²) in [6, 6.07) is 4.28. The lowest BCUT2D eigenvalue weighted by Gasteiger charge is -2.03. The van der Waals surface area contributed by atoms with E-state index in [4.69, 9.17) is 18.6 Å². The van der Waals surface area contributed by atoms with Gasteiger partial charge in [0.1, 0.15) is 0 Å². The highest BCUT2D eigenvalue weighted by atomic mass is 35.7. The van der Waals surface area contributed by atoms with Crippen LogP contribution in [0.2, 0.25) is 0 Å². The zero-order valence-corrected chi connectivity index (χ0v) is 10.3. The Morgan fingerprint density at radius 1 is 1.41 bits per heavy atom. The SMILES string of the molecule is CCc1cc(C)c[n+]2cccn12.[O-][Cl+3]([O-])([O-])O. The number of rotatable bonds is 1. The Balaban J connectivity index is 0.000000249. The van der Waals surface area contributed by atoms with Gasteiger partial charge in [-0.2, -0.15) is 14.0 Å². The second-order valence-corrected chi connectivity index (χ2v) is 4.27. The number of hydrogen-bond acceptors (Lipinski definition) is 4. The normalized spacial score (nSPS) is 11.2. The highest BCUT2D eigenvalue weighted by molar-refractivity contribution is 5.10. The molecule has 0 unspecified atom stereocenters. The average Bonchev–Trinajstić information content (AvgIpc) is 2.61. The molecule has 17 heavy (non-hydrogen) atoms. The molecule has 2 rings (SSSR count). The molecule has 0 aromatic carbocycles. The van der Waals surface area contributed by atoms with Crippen molar-refractivity contribution in [1.29, 1.82) is 0 Å². The van der Waals surface area contributed by atoms with E-state index in [1.54, 1.807) is 0 Å². The highest BCUT2D eigenvalue weighted by Crippen LogP contribution is 2.00. The molecule has 2 heterocycles. The first-order chi connectivity index (χ1) is 7.81. The first kappa shape index (κ1) is 13.9. The van der Waals surface area contributed by atoms with Gasteiger partial charge >= 0.3 is 0 Å². The summed E-state index contributed by atoms with van der Waals surface area (Å²) in [5, 5.41) is 0. The molecule has 0 fully saturated rings. The second kappa shape index (κ2) is 5.44. The minimum absolute atomic E-state index is 1.07. The van der Waals surface area contributed by atoms with Crippen LogP contribution in [0.5, 0.6) is 0 Å². The molecule has 6 nitrogen and oxygen atoms in total. The Hall–Kier alpha value is -1.18. The Kier molecular flexibility index (Phi) is 4.44. The van der Waals surface area contributed by atoms with E-state index in [0.717, 1.165) is 6.42 Å². The molecule has 2 aromatic heterocycles. The third kappa shape index (κ3) is 4.68. The molecular formula is C10H14ClN2O4+. The largest absolute Gasteiger partial charge is 0.203 e. The second-order valence-electron chi connectivity index (χ2n) is 3.47. The van der Waals surface area contributed by atoms with Crippen LogP contribution in [-0.2, 0) is 6.42 Å². The van der Waals surface area contributed by atoms with Crippen molar-refractivity contribution < 1.29 is 33.4 Å². The van der Waals surface area contributed by atoms with Crippen molar-refractivity contribution in [2.75, 3.05) is 0 Å². The lowest BCUT2D eigenvalue weighted by Crippen LogP contribution is -2.58. The zero-order chi connectivity index (χ0) is 13.1. The third-order valence-electron chi connectivity index (χ3n) is 2.10. The van der Waals surface area contributed by atoms with Gasteiger partial charge in [-0.05, 0) is 19.4 Å². The van der Waals surface area contributed by atoms with Crippen molar-refractivity contribution in [3.8, 4) is 0 Å². The Bertz CT molecular complexity index is 487. The van der Waals surface area contributed by atoms with E-state index < -0.39 is 10.2 Å². The van der Waals surface area contributed by atoms with Crippen molar-refractivity contribution in [2.45, 2.75) is 20.3 Å². The summed E-state index contributed by atoms with van der Waals surface area (Å²) in [5.41, 5.74) is 2.66. The van der Waals surface area contributed by atoms with E-state index in [0.29, 0.717) is 0 Å². The lowest BCUT2D eigenvalue weighted by molar-refractivity contribution is -1.92. The summed E-state index contributed by atoms with van der Waals surface area (Å²) in [6.07, 6.45) is 7.34. The van der Waals surface area contributed by atoms with Crippen LogP contribution in [0.1, 0.15) is 18.2 Å². The smallest absolute Gasteiger partial charge is 0.183 e. The van der Waals surface area contributed by atoms with E-state index in [1.807, 2.05) is 0 Å². The van der Waals surface area contributed by atoms with Gasteiger partial charge in [0, 0.05) is 11.6 Å². The molecule has 0 saturated carbocycles. The molecule has 0 radical (unpaired) electrons. The molecule has 0 bridgehead atoms. The minimum atomic E-state index is -4.69. The number of hydrogen-bond donors (Lipinski definition) is 1. The average molecular weight is 262 g/mol. The Labute approximate surface area is 101 Å². The number of aromatic nitrogens is 2. The molecule has 0 saturated heterocycles. The molecule has 0 amide bonds. The highest BCUT2D eigenvalue weighted by Gasteiger charge is 2.05. The molecule has 0 aliphatic rings. The van der Waals surface area contributed by atoms with Crippen molar-refractivity contribution >= 4 is 0 Å². The molecule has 0 aliphatic heterocycles. The quantitative estimate of drug-likeness (QED) is 0.564. The minimum Gasteiger partial charge on any atom is -0.183 e. The van der Waals surface area contributed by atoms with Gasteiger partial charge in [0.05, 0.1) is 26.8 Å². The predicted molar refractivity (Wildman–Crippen MR) is 49.4 cm³/mol. The first-order valence-corrected chi connectivity index (χ1v) is 6.19. The van der Waals surface area contributed by atoms with Gasteiger partial charge in [0.25, 0.3) is 0 Å². The fourth-order valence-corrected chi connectivity index (χ4v) is 1.55. The Morgan fingerprint density at radius 3 is 2.53 bits per heavy atom. The predicted octanol–water partition coefficient (Wildman–Crippen LogP) is -2.73. The molecule has 0 atom stereocenters. The zero-order valence-electron chi connectivity index (χ0n) is 9.54. The summed E-state index contributed by atoms with van der Waals surface area (Å²) in [5.74, 6) is 0. The maximum absolute atomic E-state index is 8.60. The van der Waals surface area contributed by atoms with Crippen LogP contribution in [0.3, 0.4) is 0 Å². The number of halogens is 1. The fourth-order valence-electron chi connectivity index (χ4n) is 1.55. The van der Waals surface area contributed by atoms with Crippen LogP contribution >= 0.6 is 0 Å². The summed E-state index contributed by atoms with van der Waals surface area (Å²) in [7, 11) is -4.69. The van der Waals surface area contributed by atoms with Crippen molar-refractivity contribution in [3.63, 3.8) is 0 Å². The van der Waals surface area contributed by atoms with Gasteiger partial charge in [-0.3, -0.25) is 0 Å². The van der Waals surface area contributed by atoms with E-state index in [1.165, 1.54) is 11.3 Å². The van der Waals surface area contributed by atoms with Gasteiger partial charge in [0.15, 0.2) is 0 Å². The van der Waals surface area contributed by atoms with E-state index >= 15 is 0 Å². The van der Waals surface area contributed by atoms with Crippen molar-refractivity contribution in [2.24, 2.45) is 0 Å². The topological polar surface area (TPSA) is 97.9 Å². The number of fused-ring (bicyclic) bond motifs is 1. The van der Waals surface area contributed by atoms with Crippen LogP contribution in [0.4, 0.5) is 0 Å². The van der Waals surface area contributed by atoms with Crippen molar-refractivity contribution in [1.82, 2.24) is 4.52 Å². The van der Waals surface area contributed by atoms with Crippen molar-refractivity contribution in [3.05, 3.63) is 42.0 Å². The number of nitrogens with zero attached hydrogens (tertiary/aromatic N) is 2. The Morgan fingerprint density at radius 2 is 2.00 bits per heavy atom. The molecule has 2 aromatic rings. The molecular weight excluding hydrogens is 248 g/mol. The molecule has 0 aliphatic carbocycles. The van der Waals surface area contributed by atoms with E-state index in [-0.39, 0.29) is 0 Å². The first-order valence-electron chi connectivity index (χ1n) is 4.92. The maximum atomic E-state index is 8.60. The van der Waals surface area contributed by atoms with Gasteiger partial charge in [-0.25, -0.2) is 0 Å². The summed E-state index contributed by atoms with van der Waals surface area (Å²) < 4.78 is 37.0. The summed E-state index contributed by atoms with van der Waals surface area (Å²) in [6.45, 7) is 4.30. The van der Waals surface area contributed by atoms with Crippen LogP contribution in [0.25, 0.3) is 0 Å². The monoisotopic (exact) mass is 261 g/mol. The van der Waals surface area contributed by atoms with E-state index in [2.05, 4.69) is 53.6 Å². The molecule has 7 heteroatoms. The van der Waals surface area contributed by atoms with E-state index in [9.17, 15) is 0 Å². The standard InChI is InChI=1S/C10H13N2.ClHO4/c1-3-10-7-9(2)8-11-5-4-6-12(10)11;2-1(3,4)5/h4-8H,3H2,1-2H3;(H,2,3,4,5)/q+1;. The van der Waals surface area contributed by atoms with Crippen LogP contribution in [0, 0.1) is 17.2 Å². The van der Waals surface area contributed by atoms with Crippen LogP contribution in [-0.4, -0.2) is 9.17 Å². The summed E-state index contributed by atoms with van der Waals surface area (Å²) in [4.78, 5) is 0. The van der Waals surface area contributed by atoms with Crippen LogP contribution in [0.15, 0.2) is 30.7 Å². The van der Waals surface area contributed by atoms with Crippen LogP contribution < -0.4 is 18.5 Å². The third-order valence-corrected chi connectivity index (χ3v) is 2.10. The molecule has 1 N–H and O–H groups in total. The number of aryl methyl sites for hydroxylation is 2. The van der Waals surface area contributed by atoms with Gasteiger partial charge in [-0.15, -0.1) is 4.52 Å².